The average molecular weight is 144 g/mol. The molecule has 0 heterocycles. The van der Waals surface area contributed by atoms with Crippen LogP contribution in [0.15, 0.2) is 0 Å². The van der Waals surface area contributed by atoms with E-state index < -0.39 is 0 Å². The van der Waals surface area contributed by atoms with Gasteiger partial charge in [-0.1, -0.05) is 6.42 Å². The molecule has 0 aliphatic heterocycles. The monoisotopic (exact) mass is 144 g/mol. The van der Waals surface area contributed by atoms with E-state index in [2.05, 4.69) is 0 Å². The van der Waals surface area contributed by atoms with Gasteiger partial charge in [0.15, 0.2) is 0 Å². The summed E-state index contributed by atoms with van der Waals surface area (Å²) in [7, 11) is 1.71. The molecular formula is C8H16O2. The topological polar surface area (TPSA) is 29.5 Å². The normalized spacial score (nSPS) is 33.0. The van der Waals surface area contributed by atoms with Crippen LogP contribution in [0.1, 0.15) is 25.7 Å². The second-order valence-electron chi connectivity index (χ2n) is 3.04. The quantitative estimate of drug-likeness (QED) is 0.644. The lowest BCUT2D eigenvalue weighted by Crippen LogP contribution is -2.14. The Hall–Kier alpha value is -0.0800. The molecule has 0 bridgehead atoms. The maximum absolute atomic E-state index is 9.36. The number of rotatable bonds is 3. The number of methoxy groups -OCH3 is 1. The van der Waals surface area contributed by atoms with Gasteiger partial charge in [0.05, 0.1) is 6.10 Å². The van der Waals surface area contributed by atoms with E-state index in [0.717, 1.165) is 19.4 Å². The summed E-state index contributed by atoms with van der Waals surface area (Å²) < 4.78 is 4.94. The van der Waals surface area contributed by atoms with Gasteiger partial charge in [-0.15, -0.1) is 0 Å². The van der Waals surface area contributed by atoms with Gasteiger partial charge in [0.1, 0.15) is 0 Å². The van der Waals surface area contributed by atoms with Crippen molar-refractivity contribution < 1.29 is 9.84 Å². The number of aliphatic hydroxyl groups excluding tert-OH is 1. The van der Waals surface area contributed by atoms with Crippen LogP contribution >= 0.6 is 0 Å². The van der Waals surface area contributed by atoms with Gasteiger partial charge < -0.3 is 9.84 Å². The smallest absolute Gasteiger partial charge is 0.0569 e. The highest BCUT2D eigenvalue weighted by Crippen LogP contribution is 2.27. The van der Waals surface area contributed by atoms with Gasteiger partial charge in [-0.2, -0.15) is 0 Å². The van der Waals surface area contributed by atoms with Crippen molar-refractivity contribution in [3.05, 3.63) is 0 Å². The molecule has 0 spiro atoms. The standard InChI is InChI=1S/C8H16O2/c1-10-6-5-7-3-2-4-8(7)9/h7-9H,2-6H2,1H3. The number of hydrogen-bond donors (Lipinski definition) is 1. The van der Waals surface area contributed by atoms with Crippen LogP contribution in [0.25, 0.3) is 0 Å². The maximum atomic E-state index is 9.36. The summed E-state index contributed by atoms with van der Waals surface area (Å²) >= 11 is 0. The molecule has 0 saturated heterocycles. The molecule has 1 saturated carbocycles. The predicted octanol–water partition coefficient (Wildman–Crippen LogP) is 1.18. The summed E-state index contributed by atoms with van der Waals surface area (Å²) in [6.07, 6.45) is 4.35. The molecular weight excluding hydrogens is 128 g/mol. The first-order chi connectivity index (χ1) is 4.84. The Bertz CT molecular complexity index is 93.3. The molecule has 0 amide bonds. The molecule has 0 radical (unpaired) electrons. The van der Waals surface area contributed by atoms with E-state index in [0.29, 0.717) is 5.92 Å². The molecule has 1 aliphatic rings. The number of ether oxygens (including phenoxy) is 1. The Morgan fingerprint density at radius 3 is 2.80 bits per heavy atom. The molecule has 0 aromatic rings. The third-order valence-corrected chi connectivity index (χ3v) is 2.31. The van der Waals surface area contributed by atoms with E-state index in [1.165, 1.54) is 12.8 Å². The Kier molecular flexibility index (Phi) is 3.16. The third kappa shape index (κ3) is 1.96. The van der Waals surface area contributed by atoms with E-state index in [9.17, 15) is 5.11 Å². The van der Waals surface area contributed by atoms with Gasteiger partial charge in [0.25, 0.3) is 0 Å². The molecule has 1 aliphatic carbocycles. The first-order valence-corrected chi connectivity index (χ1v) is 4.01. The van der Waals surface area contributed by atoms with E-state index in [-0.39, 0.29) is 6.10 Å². The summed E-state index contributed by atoms with van der Waals surface area (Å²) in [5, 5.41) is 9.36. The van der Waals surface area contributed by atoms with Gasteiger partial charge in [-0.05, 0) is 25.2 Å². The Morgan fingerprint density at radius 1 is 1.50 bits per heavy atom. The van der Waals surface area contributed by atoms with E-state index in [4.69, 9.17) is 4.74 Å². The molecule has 1 rings (SSSR count). The summed E-state index contributed by atoms with van der Waals surface area (Å²) in [6, 6.07) is 0. The minimum absolute atomic E-state index is 0.0462. The van der Waals surface area contributed by atoms with Crippen molar-refractivity contribution in [1.82, 2.24) is 0 Å². The first-order valence-electron chi connectivity index (χ1n) is 4.01. The summed E-state index contributed by atoms with van der Waals surface area (Å²) in [5.74, 6) is 0.514. The SMILES string of the molecule is COCCC1CCCC1O. The van der Waals surface area contributed by atoms with Gasteiger partial charge in [0, 0.05) is 13.7 Å². The molecule has 1 fully saturated rings. The molecule has 2 heteroatoms. The Labute approximate surface area is 62.2 Å². The maximum Gasteiger partial charge on any atom is 0.0569 e. The van der Waals surface area contributed by atoms with Crippen LogP contribution in [-0.4, -0.2) is 24.9 Å². The predicted molar refractivity (Wildman–Crippen MR) is 39.8 cm³/mol. The van der Waals surface area contributed by atoms with E-state index >= 15 is 0 Å². The van der Waals surface area contributed by atoms with Crippen molar-refractivity contribution in [1.29, 1.82) is 0 Å². The van der Waals surface area contributed by atoms with Crippen molar-refractivity contribution in [2.75, 3.05) is 13.7 Å². The van der Waals surface area contributed by atoms with Gasteiger partial charge in [-0.25, -0.2) is 0 Å². The second-order valence-corrected chi connectivity index (χ2v) is 3.04. The second kappa shape index (κ2) is 3.94. The van der Waals surface area contributed by atoms with Crippen molar-refractivity contribution in [3.8, 4) is 0 Å². The first kappa shape index (κ1) is 8.02. The fraction of sp³-hybridized carbons (Fsp3) is 1.00. The molecule has 2 atom stereocenters. The minimum Gasteiger partial charge on any atom is -0.393 e. The third-order valence-electron chi connectivity index (χ3n) is 2.31. The lowest BCUT2D eigenvalue weighted by molar-refractivity contribution is 0.101. The van der Waals surface area contributed by atoms with Crippen LogP contribution in [-0.2, 0) is 4.74 Å². The van der Waals surface area contributed by atoms with Gasteiger partial charge in [0.2, 0.25) is 0 Å². The van der Waals surface area contributed by atoms with Crippen molar-refractivity contribution >= 4 is 0 Å². The van der Waals surface area contributed by atoms with Crippen LogP contribution in [0.3, 0.4) is 0 Å². The summed E-state index contributed by atoms with van der Waals surface area (Å²) in [6.45, 7) is 0.793. The summed E-state index contributed by atoms with van der Waals surface area (Å²) in [5.41, 5.74) is 0. The zero-order valence-electron chi connectivity index (χ0n) is 6.55. The Morgan fingerprint density at radius 2 is 2.30 bits per heavy atom. The fourth-order valence-electron chi connectivity index (χ4n) is 1.62. The lowest BCUT2D eigenvalue weighted by Gasteiger charge is -2.12. The molecule has 1 N–H and O–H groups in total. The molecule has 2 nitrogen and oxygen atoms in total. The van der Waals surface area contributed by atoms with Gasteiger partial charge in [-0.3, -0.25) is 0 Å². The highest BCUT2D eigenvalue weighted by molar-refractivity contribution is 4.75. The van der Waals surface area contributed by atoms with E-state index in [1.807, 2.05) is 0 Å². The zero-order valence-corrected chi connectivity index (χ0v) is 6.55. The molecule has 0 aromatic heterocycles. The van der Waals surface area contributed by atoms with Crippen LogP contribution in [0.5, 0.6) is 0 Å². The minimum atomic E-state index is -0.0462. The van der Waals surface area contributed by atoms with Crippen LogP contribution in [0, 0.1) is 5.92 Å². The van der Waals surface area contributed by atoms with Crippen LogP contribution < -0.4 is 0 Å². The van der Waals surface area contributed by atoms with Crippen LogP contribution in [0.2, 0.25) is 0 Å². The number of hydrogen-bond acceptors (Lipinski definition) is 2. The van der Waals surface area contributed by atoms with Crippen molar-refractivity contribution in [2.45, 2.75) is 31.8 Å². The van der Waals surface area contributed by atoms with Crippen molar-refractivity contribution in [2.24, 2.45) is 5.92 Å². The van der Waals surface area contributed by atoms with Gasteiger partial charge >= 0.3 is 0 Å². The molecule has 0 aromatic carbocycles. The molecule has 2 unspecified atom stereocenters. The van der Waals surface area contributed by atoms with E-state index in [1.54, 1.807) is 7.11 Å². The average Bonchev–Trinajstić information content (AvgIpc) is 2.31. The largest absolute Gasteiger partial charge is 0.393 e. The lowest BCUT2D eigenvalue weighted by atomic mass is 10.0. The highest BCUT2D eigenvalue weighted by Gasteiger charge is 2.24. The highest BCUT2D eigenvalue weighted by atomic mass is 16.5. The number of aliphatic hydroxyl groups is 1. The Balaban J connectivity index is 2.14. The zero-order chi connectivity index (χ0) is 7.40. The fourth-order valence-corrected chi connectivity index (χ4v) is 1.62. The van der Waals surface area contributed by atoms with Crippen molar-refractivity contribution in [3.63, 3.8) is 0 Å². The molecule has 10 heavy (non-hydrogen) atoms. The summed E-state index contributed by atoms with van der Waals surface area (Å²) in [4.78, 5) is 0. The molecule has 60 valence electrons. The van der Waals surface area contributed by atoms with Crippen LogP contribution in [0.4, 0.5) is 0 Å².